The van der Waals surface area contributed by atoms with Crippen molar-refractivity contribution in [1.29, 1.82) is 0 Å². The lowest BCUT2D eigenvalue weighted by molar-refractivity contribution is 0.752. The topological polar surface area (TPSA) is 26.0 Å². The maximum Gasteiger partial charge on any atom is 0.0210 e. The summed E-state index contributed by atoms with van der Waals surface area (Å²) in [5.74, 6) is 0.509. The molecular weight excluding hydrogens is 250 g/mol. The van der Waals surface area contributed by atoms with E-state index in [1.165, 1.54) is 16.7 Å². The van der Waals surface area contributed by atoms with Gasteiger partial charge in [-0.05, 0) is 30.0 Å². The summed E-state index contributed by atoms with van der Waals surface area (Å²) in [5.41, 5.74) is 9.46. The smallest absolute Gasteiger partial charge is 0.0210 e. The minimum Gasteiger partial charge on any atom is -0.327 e. The van der Waals surface area contributed by atoms with Gasteiger partial charge in [-0.25, -0.2) is 0 Å². The Kier molecular flexibility index (Phi) is 4.55. The molecule has 0 fully saturated rings. The van der Waals surface area contributed by atoms with Crippen molar-refractivity contribution in [2.75, 3.05) is 6.54 Å². The first-order valence-corrected chi connectivity index (χ1v) is 6.00. The Balaban J connectivity index is 3.01. The molecule has 1 rings (SSSR count). The van der Waals surface area contributed by atoms with E-state index in [1.54, 1.807) is 0 Å². The third-order valence-corrected chi connectivity index (χ3v) is 3.38. The Hall–Kier alpha value is -0.600. The van der Waals surface area contributed by atoms with E-state index in [-0.39, 0.29) is 0 Å². The Morgan fingerprint density at radius 3 is 2.60 bits per heavy atom. The first-order valence-electron chi connectivity index (χ1n) is 5.21. The second-order valence-corrected chi connectivity index (χ2v) is 4.94. The molecule has 0 aliphatic carbocycles. The number of hydrogen-bond acceptors (Lipinski definition) is 1. The molecule has 1 aromatic carbocycles. The van der Waals surface area contributed by atoms with Crippen molar-refractivity contribution in [3.05, 3.63) is 39.4 Å². The second-order valence-electron chi connectivity index (χ2n) is 4.09. The van der Waals surface area contributed by atoms with Crippen LogP contribution in [0.5, 0.6) is 0 Å². The molecule has 0 atom stereocenters. The predicted octanol–water partition coefficient (Wildman–Crippen LogP) is 3.76. The van der Waals surface area contributed by atoms with Crippen molar-refractivity contribution in [3.63, 3.8) is 0 Å². The van der Waals surface area contributed by atoms with E-state index in [1.807, 2.05) is 0 Å². The summed E-state index contributed by atoms with van der Waals surface area (Å²) in [5, 5.41) is 0. The lowest BCUT2D eigenvalue weighted by atomic mass is 10.00. The van der Waals surface area contributed by atoms with Crippen LogP contribution in [-0.4, -0.2) is 6.54 Å². The molecule has 2 heteroatoms. The standard InChI is InChI=1S/C13H18BrN/c1-9(2)12(8-15)6-11-5-4-10(3)13(14)7-11/h4-7,9H,8,15H2,1-3H3/b12-6+. The quantitative estimate of drug-likeness (QED) is 0.887. The maximum atomic E-state index is 5.71. The van der Waals surface area contributed by atoms with Crippen LogP contribution in [0.2, 0.25) is 0 Å². The van der Waals surface area contributed by atoms with Crippen molar-refractivity contribution in [1.82, 2.24) is 0 Å². The second kappa shape index (κ2) is 5.47. The highest BCUT2D eigenvalue weighted by Crippen LogP contribution is 2.20. The van der Waals surface area contributed by atoms with Crippen molar-refractivity contribution >= 4 is 22.0 Å². The summed E-state index contributed by atoms with van der Waals surface area (Å²) in [6.45, 7) is 7.05. The Labute approximate surface area is 101 Å². The molecule has 82 valence electrons. The third-order valence-electron chi connectivity index (χ3n) is 2.53. The first kappa shape index (κ1) is 12.5. The molecule has 0 aliphatic rings. The summed E-state index contributed by atoms with van der Waals surface area (Å²) in [7, 11) is 0. The summed E-state index contributed by atoms with van der Waals surface area (Å²) in [6.07, 6.45) is 2.18. The molecule has 0 radical (unpaired) electrons. The SMILES string of the molecule is Cc1ccc(/C=C(\CN)C(C)C)cc1Br. The average molecular weight is 268 g/mol. The van der Waals surface area contributed by atoms with Gasteiger partial charge in [0.1, 0.15) is 0 Å². The molecule has 15 heavy (non-hydrogen) atoms. The Bertz CT molecular complexity index is 367. The molecule has 0 aliphatic heterocycles. The highest BCUT2D eigenvalue weighted by Gasteiger charge is 2.01. The monoisotopic (exact) mass is 267 g/mol. The summed E-state index contributed by atoms with van der Waals surface area (Å²) < 4.78 is 1.15. The van der Waals surface area contributed by atoms with Gasteiger partial charge in [-0.3, -0.25) is 0 Å². The fourth-order valence-corrected chi connectivity index (χ4v) is 1.77. The van der Waals surface area contributed by atoms with Crippen molar-refractivity contribution < 1.29 is 0 Å². The number of halogens is 1. The molecule has 0 amide bonds. The summed E-state index contributed by atoms with van der Waals surface area (Å²) in [4.78, 5) is 0. The average Bonchev–Trinajstić information content (AvgIpc) is 2.19. The van der Waals surface area contributed by atoms with Crippen LogP contribution in [-0.2, 0) is 0 Å². The van der Waals surface area contributed by atoms with E-state index < -0.39 is 0 Å². The zero-order valence-corrected chi connectivity index (χ0v) is 11.1. The van der Waals surface area contributed by atoms with Crippen molar-refractivity contribution in [2.24, 2.45) is 11.7 Å². The predicted molar refractivity (Wildman–Crippen MR) is 70.7 cm³/mol. The van der Waals surface area contributed by atoms with E-state index in [9.17, 15) is 0 Å². The molecule has 0 saturated carbocycles. The first-order chi connectivity index (χ1) is 7.04. The number of benzene rings is 1. The van der Waals surface area contributed by atoms with Crippen LogP contribution in [0.1, 0.15) is 25.0 Å². The van der Waals surface area contributed by atoms with Crippen molar-refractivity contribution in [2.45, 2.75) is 20.8 Å². The molecule has 2 N–H and O–H groups in total. The van der Waals surface area contributed by atoms with Gasteiger partial charge in [0.15, 0.2) is 0 Å². The minimum atomic E-state index is 0.509. The van der Waals surface area contributed by atoms with Gasteiger partial charge in [-0.15, -0.1) is 0 Å². The van der Waals surface area contributed by atoms with Crippen LogP contribution >= 0.6 is 15.9 Å². The molecule has 0 spiro atoms. The molecule has 1 nitrogen and oxygen atoms in total. The summed E-state index contributed by atoms with van der Waals surface area (Å²) in [6, 6.07) is 6.37. The molecule has 0 bridgehead atoms. The zero-order chi connectivity index (χ0) is 11.4. The zero-order valence-electron chi connectivity index (χ0n) is 9.55. The van der Waals surface area contributed by atoms with Gasteiger partial charge in [0.2, 0.25) is 0 Å². The molecular formula is C13H18BrN. The van der Waals surface area contributed by atoms with E-state index >= 15 is 0 Å². The molecule has 0 aromatic heterocycles. The molecule has 0 heterocycles. The number of nitrogens with two attached hydrogens (primary N) is 1. The van der Waals surface area contributed by atoms with E-state index in [4.69, 9.17) is 5.73 Å². The number of rotatable bonds is 3. The third kappa shape index (κ3) is 3.47. The van der Waals surface area contributed by atoms with Gasteiger partial charge < -0.3 is 5.73 Å². The maximum absolute atomic E-state index is 5.71. The van der Waals surface area contributed by atoms with Gasteiger partial charge >= 0.3 is 0 Å². The summed E-state index contributed by atoms with van der Waals surface area (Å²) >= 11 is 3.53. The highest BCUT2D eigenvalue weighted by atomic mass is 79.9. The fraction of sp³-hybridized carbons (Fsp3) is 0.385. The van der Waals surface area contributed by atoms with E-state index in [2.05, 4.69) is 61.0 Å². The molecule has 1 aromatic rings. The van der Waals surface area contributed by atoms with Gasteiger partial charge in [-0.2, -0.15) is 0 Å². The van der Waals surface area contributed by atoms with Crippen LogP contribution in [0, 0.1) is 12.8 Å². The Morgan fingerprint density at radius 1 is 1.47 bits per heavy atom. The molecule has 0 saturated heterocycles. The van der Waals surface area contributed by atoms with Crippen LogP contribution in [0.15, 0.2) is 28.2 Å². The van der Waals surface area contributed by atoms with Gasteiger partial charge in [-0.1, -0.05) is 53.6 Å². The van der Waals surface area contributed by atoms with Crippen molar-refractivity contribution in [3.8, 4) is 0 Å². The van der Waals surface area contributed by atoms with Gasteiger partial charge in [0, 0.05) is 11.0 Å². The van der Waals surface area contributed by atoms with E-state index in [0.717, 1.165) is 4.47 Å². The van der Waals surface area contributed by atoms with Gasteiger partial charge in [0.05, 0.1) is 0 Å². The van der Waals surface area contributed by atoms with Crippen LogP contribution in [0.3, 0.4) is 0 Å². The molecule has 0 unspecified atom stereocenters. The lowest BCUT2D eigenvalue weighted by Crippen LogP contribution is -2.08. The highest BCUT2D eigenvalue weighted by molar-refractivity contribution is 9.10. The minimum absolute atomic E-state index is 0.509. The fourth-order valence-electron chi connectivity index (χ4n) is 1.37. The van der Waals surface area contributed by atoms with Gasteiger partial charge in [0.25, 0.3) is 0 Å². The van der Waals surface area contributed by atoms with Crippen LogP contribution < -0.4 is 5.73 Å². The van der Waals surface area contributed by atoms with E-state index in [0.29, 0.717) is 12.5 Å². The lowest BCUT2D eigenvalue weighted by Gasteiger charge is -2.09. The normalized spacial score (nSPS) is 12.3. The number of aryl methyl sites for hydroxylation is 1. The van der Waals surface area contributed by atoms with Crippen LogP contribution in [0.25, 0.3) is 6.08 Å². The number of hydrogen-bond donors (Lipinski definition) is 1. The van der Waals surface area contributed by atoms with Crippen LogP contribution in [0.4, 0.5) is 0 Å². The largest absolute Gasteiger partial charge is 0.327 e. The Morgan fingerprint density at radius 2 is 2.13 bits per heavy atom.